The first-order valence-corrected chi connectivity index (χ1v) is 11.6. The van der Waals surface area contributed by atoms with Crippen LogP contribution in [0.2, 0.25) is 0 Å². The maximum Gasteiger partial charge on any atom is 0.293 e. The number of aryl methyl sites for hydroxylation is 2. The molecule has 7 heteroatoms. The van der Waals surface area contributed by atoms with Crippen molar-refractivity contribution in [2.75, 3.05) is 11.9 Å². The van der Waals surface area contributed by atoms with Crippen molar-refractivity contribution in [3.8, 4) is 5.75 Å². The Morgan fingerprint density at radius 3 is 2.35 bits per heavy atom. The summed E-state index contributed by atoms with van der Waals surface area (Å²) in [4.78, 5) is 39.0. The van der Waals surface area contributed by atoms with E-state index in [9.17, 15) is 14.4 Å². The van der Waals surface area contributed by atoms with Crippen molar-refractivity contribution in [3.05, 3.63) is 100.0 Å². The van der Waals surface area contributed by atoms with Gasteiger partial charge in [0, 0.05) is 5.69 Å². The summed E-state index contributed by atoms with van der Waals surface area (Å²) >= 11 is 0.919. The number of carbonyl (C=O) groups excluding carboxylic acids is 3. The number of thioether (sulfide) groups is 1. The van der Waals surface area contributed by atoms with E-state index >= 15 is 0 Å². The van der Waals surface area contributed by atoms with Crippen LogP contribution in [-0.2, 0) is 16.1 Å². The molecule has 1 saturated heterocycles. The van der Waals surface area contributed by atoms with Crippen LogP contribution in [0.15, 0.2) is 77.7 Å². The number of carbonyl (C=O) groups is 3. The molecule has 3 amide bonds. The molecule has 1 aliphatic heterocycles. The van der Waals surface area contributed by atoms with Crippen molar-refractivity contribution in [2.24, 2.45) is 0 Å². The Bertz CT molecular complexity index is 1250. The number of anilines is 1. The van der Waals surface area contributed by atoms with Crippen LogP contribution in [0.25, 0.3) is 6.08 Å². The molecule has 1 N–H and O–H groups in total. The molecule has 0 radical (unpaired) electrons. The molecule has 6 nitrogen and oxygen atoms in total. The quantitative estimate of drug-likeness (QED) is 0.456. The fraction of sp³-hybridized carbons (Fsp3) is 0.148. The van der Waals surface area contributed by atoms with Crippen molar-refractivity contribution in [1.82, 2.24) is 4.90 Å². The summed E-state index contributed by atoms with van der Waals surface area (Å²) in [6.07, 6.45) is 1.67. The van der Waals surface area contributed by atoms with Crippen molar-refractivity contribution in [2.45, 2.75) is 20.4 Å². The van der Waals surface area contributed by atoms with Gasteiger partial charge in [-0.2, -0.15) is 0 Å². The first-order chi connectivity index (χ1) is 16.4. The Morgan fingerprint density at radius 2 is 1.65 bits per heavy atom. The SMILES string of the molecule is Cc1ccc(CN2C(=O)S/C(=C\c3cccc(OCC(=O)Nc4ccc(C)cc4)c3)C2=O)cc1. The zero-order valence-electron chi connectivity index (χ0n) is 18.9. The van der Waals surface area contributed by atoms with Crippen LogP contribution in [0.5, 0.6) is 5.75 Å². The van der Waals surface area contributed by atoms with Gasteiger partial charge in [0.2, 0.25) is 0 Å². The van der Waals surface area contributed by atoms with Crippen molar-refractivity contribution in [1.29, 1.82) is 0 Å². The van der Waals surface area contributed by atoms with E-state index in [1.807, 2.05) is 68.4 Å². The molecule has 0 atom stereocenters. The number of nitrogens with zero attached hydrogens (tertiary/aromatic N) is 1. The van der Waals surface area contributed by atoms with E-state index in [-0.39, 0.29) is 30.2 Å². The third-order valence-corrected chi connectivity index (χ3v) is 6.10. The number of amides is 3. The van der Waals surface area contributed by atoms with Crippen LogP contribution >= 0.6 is 11.8 Å². The molecule has 34 heavy (non-hydrogen) atoms. The molecule has 0 bridgehead atoms. The highest BCUT2D eigenvalue weighted by Gasteiger charge is 2.34. The van der Waals surface area contributed by atoms with Crippen LogP contribution < -0.4 is 10.1 Å². The van der Waals surface area contributed by atoms with Gasteiger partial charge in [-0.1, -0.05) is 59.7 Å². The lowest BCUT2D eigenvalue weighted by atomic mass is 10.1. The highest BCUT2D eigenvalue weighted by Crippen LogP contribution is 2.33. The zero-order valence-corrected chi connectivity index (χ0v) is 19.7. The van der Waals surface area contributed by atoms with Crippen LogP contribution in [-0.4, -0.2) is 28.6 Å². The summed E-state index contributed by atoms with van der Waals surface area (Å²) in [7, 11) is 0. The Hall–Kier alpha value is -3.84. The van der Waals surface area contributed by atoms with E-state index < -0.39 is 0 Å². The lowest BCUT2D eigenvalue weighted by Crippen LogP contribution is -2.27. The molecule has 1 aliphatic rings. The molecule has 3 aromatic carbocycles. The van der Waals surface area contributed by atoms with Gasteiger partial charge in [0.25, 0.3) is 17.1 Å². The Morgan fingerprint density at radius 1 is 0.971 bits per heavy atom. The summed E-state index contributed by atoms with van der Waals surface area (Å²) in [5.74, 6) is -0.0995. The monoisotopic (exact) mass is 472 g/mol. The van der Waals surface area contributed by atoms with E-state index in [0.29, 0.717) is 21.9 Å². The Balaban J connectivity index is 1.38. The van der Waals surface area contributed by atoms with Gasteiger partial charge in [-0.15, -0.1) is 0 Å². The van der Waals surface area contributed by atoms with Crippen LogP contribution in [0.4, 0.5) is 10.5 Å². The summed E-state index contributed by atoms with van der Waals surface area (Å²) < 4.78 is 5.62. The van der Waals surface area contributed by atoms with Gasteiger partial charge in [0.15, 0.2) is 6.61 Å². The van der Waals surface area contributed by atoms with Crippen LogP contribution in [0.1, 0.15) is 22.3 Å². The van der Waals surface area contributed by atoms with E-state index in [1.54, 1.807) is 24.3 Å². The lowest BCUT2D eigenvalue weighted by Gasteiger charge is -2.12. The van der Waals surface area contributed by atoms with Crippen LogP contribution in [0, 0.1) is 13.8 Å². The number of ether oxygens (including phenoxy) is 1. The summed E-state index contributed by atoms with van der Waals surface area (Å²) in [5, 5.41) is 2.49. The van der Waals surface area contributed by atoms with Gasteiger partial charge < -0.3 is 10.1 Å². The number of benzene rings is 3. The third-order valence-electron chi connectivity index (χ3n) is 5.20. The smallest absolute Gasteiger partial charge is 0.293 e. The minimum Gasteiger partial charge on any atom is -0.484 e. The fourth-order valence-electron chi connectivity index (χ4n) is 3.34. The molecule has 0 spiro atoms. The second kappa shape index (κ2) is 10.4. The molecule has 1 fully saturated rings. The summed E-state index contributed by atoms with van der Waals surface area (Å²) in [6.45, 7) is 4.05. The van der Waals surface area contributed by atoms with Crippen molar-refractivity contribution in [3.63, 3.8) is 0 Å². The second-order valence-corrected chi connectivity index (χ2v) is 9.02. The molecule has 4 rings (SSSR count). The number of nitrogens with one attached hydrogen (secondary N) is 1. The molecule has 1 heterocycles. The van der Waals surface area contributed by atoms with Gasteiger partial charge in [-0.3, -0.25) is 19.3 Å². The highest BCUT2D eigenvalue weighted by molar-refractivity contribution is 8.18. The molecule has 3 aromatic rings. The van der Waals surface area contributed by atoms with Crippen LogP contribution in [0.3, 0.4) is 0 Å². The fourth-order valence-corrected chi connectivity index (χ4v) is 4.18. The van der Waals surface area contributed by atoms with E-state index in [1.165, 1.54) is 4.90 Å². The molecular weight excluding hydrogens is 448 g/mol. The summed E-state index contributed by atoms with van der Waals surface area (Å²) in [6, 6.07) is 22.3. The topological polar surface area (TPSA) is 75.7 Å². The first kappa shape index (κ1) is 23.3. The number of imide groups is 1. The van der Waals surface area contributed by atoms with Gasteiger partial charge in [-0.25, -0.2) is 0 Å². The van der Waals surface area contributed by atoms with Gasteiger partial charge in [0.05, 0.1) is 11.4 Å². The predicted molar refractivity (Wildman–Crippen MR) is 134 cm³/mol. The molecule has 0 aliphatic carbocycles. The average molecular weight is 473 g/mol. The minimum atomic E-state index is -0.320. The maximum atomic E-state index is 12.8. The molecule has 0 aromatic heterocycles. The van der Waals surface area contributed by atoms with Gasteiger partial charge >= 0.3 is 0 Å². The number of hydrogen-bond donors (Lipinski definition) is 1. The third kappa shape index (κ3) is 5.94. The van der Waals surface area contributed by atoms with Gasteiger partial charge in [-0.05, 0) is 67.1 Å². The van der Waals surface area contributed by atoms with Gasteiger partial charge in [0.1, 0.15) is 5.75 Å². The lowest BCUT2D eigenvalue weighted by molar-refractivity contribution is -0.123. The summed E-state index contributed by atoms with van der Waals surface area (Å²) in [5.41, 5.74) is 4.53. The zero-order chi connectivity index (χ0) is 24.1. The molecule has 0 saturated carbocycles. The van der Waals surface area contributed by atoms with E-state index in [4.69, 9.17) is 4.74 Å². The largest absolute Gasteiger partial charge is 0.484 e. The highest BCUT2D eigenvalue weighted by atomic mass is 32.2. The minimum absolute atomic E-state index is 0.148. The predicted octanol–water partition coefficient (Wildman–Crippen LogP) is 5.56. The maximum absolute atomic E-state index is 12.8. The van der Waals surface area contributed by atoms with Crippen molar-refractivity contribution < 1.29 is 19.1 Å². The number of hydrogen-bond acceptors (Lipinski definition) is 5. The Labute approximate surface area is 202 Å². The molecule has 172 valence electrons. The van der Waals surface area contributed by atoms with E-state index in [2.05, 4.69) is 5.32 Å². The average Bonchev–Trinajstić information content (AvgIpc) is 3.08. The standard InChI is InChI=1S/C27H24N2O4S/c1-18-6-10-20(11-7-18)16-29-26(31)24(34-27(29)32)15-21-4-3-5-23(14-21)33-17-25(30)28-22-12-8-19(2)9-13-22/h3-15H,16-17H2,1-2H3,(H,28,30)/b24-15-. The second-order valence-electron chi connectivity index (χ2n) is 8.03. The normalized spacial score (nSPS) is 14.5. The number of rotatable bonds is 7. The molecular formula is C27H24N2O4S. The van der Waals surface area contributed by atoms with E-state index in [0.717, 1.165) is 28.5 Å². The van der Waals surface area contributed by atoms with Crippen molar-refractivity contribution >= 4 is 40.6 Å². The molecule has 0 unspecified atom stereocenters. The first-order valence-electron chi connectivity index (χ1n) is 10.8. The Kier molecular flexibility index (Phi) is 7.13.